The first kappa shape index (κ1) is 15.8. The summed E-state index contributed by atoms with van der Waals surface area (Å²) in [7, 11) is 6.41. The molecule has 0 saturated heterocycles. The molecule has 2 unspecified atom stereocenters. The second-order valence-electron chi connectivity index (χ2n) is 4.64. The number of aryl methyl sites for hydroxylation is 1. The van der Waals surface area contributed by atoms with Gasteiger partial charge in [-0.15, -0.1) is 0 Å². The monoisotopic (exact) mass is 334 g/mol. The van der Waals surface area contributed by atoms with Crippen LogP contribution in [0.3, 0.4) is 0 Å². The molecule has 0 amide bonds. The molecule has 1 aromatic heterocycles. The van der Waals surface area contributed by atoms with Crippen LogP contribution in [-0.2, 0) is 7.05 Å². The maximum atomic E-state index is 2.29. The van der Waals surface area contributed by atoms with Crippen molar-refractivity contribution in [3.05, 3.63) is 29.6 Å². The lowest BCUT2D eigenvalue weighted by molar-refractivity contribution is -0.686. The van der Waals surface area contributed by atoms with Crippen molar-refractivity contribution < 1.29 is 28.5 Å². The summed E-state index contributed by atoms with van der Waals surface area (Å²) in [6.07, 6.45) is 0. The van der Waals surface area contributed by atoms with Crippen LogP contribution < -0.4 is 28.5 Å². The van der Waals surface area contributed by atoms with Gasteiger partial charge in [0.2, 0.25) is 0 Å². The third-order valence-corrected chi connectivity index (χ3v) is 3.53. The van der Waals surface area contributed by atoms with Crippen LogP contribution in [0.5, 0.6) is 0 Å². The highest BCUT2D eigenvalue weighted by Crippen LogP contribution is 2.18. The van der Waals surface area contributed by atoms with Gasteiger partial charge >= 0.3 is 0 Å². The Kier molecular flexibility index (Phi) is 6.48. The molecule has 1 heterocycles. The molecule has 16 heavy (non-hydrogen) atoms. The third-order valence-electron chi connectivity index (χ3n) is 3.53. The van der Waals surface area contributed by atoms with Crippen molar-refractivity contribution in [3.63, 3.8) is 0 Å². The Bertz CT molecular complexity index is 337. The summed E-state index contributed by atoms with van der Waals surface area (Å²) in [6.45, 7) is 6.71. The van der Waals surface area contributed by atoms with Gasteiger partial charge in [0, 0.05) is 25.1 Å². The van der Waals surface area contributed by atoms with Gasteiger partial charge in [-0.05, 0) is 27.1 Å². The van der Waals surface area contributed by atoms with E-state index in [1.807, 2.05) is 0 Å². The van der Waals surface area contributed by atoms with Crippen LogP contribution in [-0.4, -0.2) is 25.0 Å². The maximum absolute atomic E-state index is 2.29. The van der Waals surface area contributed by atoms with Crippen LogP contribution in [0.1, 0.15) is 31.2 Å². The van der Waals surface area contributed by atoms with Gasteiger partial charge in [-0.1, -0.05) is 6.92 Å². The fourth-order valence-electron chi connectivity index (χ4n) is 1.86. The minimum absolute atomic E-state index is 0. The highest BCUT2D eigenvalue weighted by atomic mass is 127. The average Bonchev–Trinajstić information content (AvgIpc) is 2.20. The van der Waals surface area contributed by atoms with Crippen LogP contribution in [0, 0.1) is 6.92 Å². The van der Waals surface area contributed by atoms with E-state index >= 15 is 0 Å². The first-order valence-corrected chi connectivity index (χ1v) is 5.57. The van der Waals surface area contributed by atoms with E-state index in [9.17, 15) is 0 Å². The molecule has 0 saturated carbocycles. The number of nitrogens with zero attached hydrogens (tertiary/aromatic N) is 2. The number of pyridine rings is 1. The molecule has 0 aliphatic heterocycles. The standard InChI is InChI=1S/C13H23N2.HI/c1-10-8-7-9-13(15(10)6)11(2)12(3)14(4)5;/h7-9,11-12H,1-6H3;1H/q+1;/p-1. The zero-order valence-electron chi connectivity index (χ0n) is 11.2. The minimum Gasteiger partial charge on any atom is -1.00 e. The normalized spacial score (nSPS) is 14.4. The van der Waals surface area contributed by atoms with Crippen molar-refractivity contribution in [2.24, 2.45) is 7.05 Å². The fourth-order valence-corrected chi connectivity index (χ4v) is 1.86. The van der Waals surface area contributed by atoms with Gasteiger partial charge in [0.1, 0.15) is 7.05 Å². The van der Waals surface area contributed by atoms with Crippen molar-refractivity contribution in [3.8, 4) is 0 Å². The zero-order chi connectivity index (χ0) is 11.6. The topological polar surface area (TPSA) is 7.12 Å². The summed E-state index contributed by atoms with van der Waals surface area (Å²) >= 11 is 0. The van der Waals surface area contributed by atoms with Gasteiger partial charge in [0.25, 0.3) is 0 Å². The fraction of sp³-hybridized carbons (Fsp3) is 0.615. The number of halogens is 1. The van der Waals surface area contributed by atoms with E-state index in [-0.39, 0.29) is 24.0 Å². The van der Waals surface area contributed by atoms with Gasteiger partial charge < -0.3 is 28.9 Å². The Hall–Kier alpha value is -0.160. The Balaban J connectivity index is 0.00000225. The summed E-state index contributed by atoms with van der Waals surface area (Å²) in [6, 6.07) is 7.07. The molecular weight excluding hydrogens is 311 g/mol. The SMILES string of the molecule is Cc1cccc(C(C)C(C)N(C)C)[n+]1C.[I-]. The van der Waals surface area contributed by atoms with Crippen molar-refractivity contribution >= 4 is 0 Å². The molecule has 0 N–H and O–H groups in total. The minimum atomic E-state index is 0. The van der Waals surface area contributed by atoms with Crippen LogP contribution in [0.15, 0.2) is 18.2 Å². The maximum Gasteiger partial charge on any atom is 0.185 e. The van der Waals surface area contributed by atoms with Gasteiger partial charge in [-0.2, -0.15) is 0 Å². The van der Waals surface area contributed by atoms with Crippen molar-refractivity contribution in [1.82, 2.24) is 4.90 Å². The second-order valence-corrected chi connectivity index (χ2v) is 4.64. The molecule has 1 aromatic rings. The second kappa shape index (κ2) is 6.55. The molecule has 0 aliphatic carbocycles. The van der Waals surface area contributed by atoms with Crippen LogP contribution >= 0.6 is 0 Å². The molecule has 2 nitrogen and oxygen atoms in total. The highest BCUT2D eigenvalue weighted by molar-refractivity contribution is 5.08. The van der Waals surface area contributed by atoms with E-state index in [1.54, 1.807) is 0 Å². The molecule has 0 fully saturated rings. The van der Waals surface area contributed by atoms with E-state index in [2.05, 4.69) is 69.6 Å². The Labute approximate surface area is 117 Å². The predicted molar refractivity (Wildman–Crippen MR) is 63.9 cm³/mol. The number of rotatable bonds is 3. The smallest absolute Gasteiger partial charge is 0.185 e. The molecule has 0 bridgehead atoms. The van der Waals surface area contributed by atoms with E-state index in [4.69, 9.17) is 0 Å². The van der Waals surface area contributed by atoms with E-state index in [1.165, 1.54) is 11.4 Å². The summed E-state index contributed by atoms with van der Waals surface area (Å²) in [4.78, 5) is 2.27. The van der Waals surface area contributed by atoms with Gasteiger partial charge in [0.05, 0.1) is 5.92 Å². The number of hydrogen-bond donors (Lipinski definition) is 0. The lowest BCUT2D eigenvalue weighted by Crippen LogP contribution is -3.00. The lowest BCUT2D eigenvalue weighted by atomic mass is 9.97. The Morgan fingerprint density at radius 3 is 2.25 bits per heavy atom. The number of hydrogen-bond acceptors (Lipinski definition) is 1. The summed E-state index contributed by atoms with van der Waals surface area (Å²) in [5, 5.41) is 0. The largest absolute Gasteiger partial charge is 1.00 e. The van der Waals surface area contributed by atoms with Crippen molar-refractivity contribution in [1.29, 1.82) is 0 Å². The van der Waals surface area contributed by atoms with Gasteiger partial charge in [0.15, 0.2) is 11.4 Å². The number of aromatic nitrogens is 1. The number of likely N-dealkylation sites (N-methyl/N-ethyl adjacent to an activating group) is 1. The zero-order valence-corrected chi connectivity index (χ0v) is 13.3. The molecule has 92 valence electrons. The first-order valence-electron chi connectivity index (χ1n) is 5.57. The predicted octanol–water partition coefficient (Wildman–Crippen LogP) is -1.12. The first-order chi connectivity index (χ1) is 6.95. The lowest BCUT2D eigenvalue weighted by Gasteiger charge is -2.24. The average molecular weight is 334 g/mol. The summed E-state index contributed by atoms with van der Waals surface area (Å²) in [5.74, 6) is 0.546. The van der Waals surface area contributed by atoms with Crippen molar-refractivity contribution in [2.45, 2.75) is 32.7 Å². The van der Waals surface area contributed by atoms with Gasteiger partial charge in [-0.25, -0.2) is 4.57 Å². The summed E-state index contributed by atoms with van der Waals surface area (Å²) < 4.78 is 2.28. The van der Waals surface area contributed by atoms with Gasteiger partial charge in [-0.3, -0.25) is 0 Å². The molecular formula is C13H23IN2. The molecule has 0 radical (unpaired) electrons. The highest BCUT2D eigenvalue weighted by Gasteiger charge is 2.23. The molecule has 0 aromatic carbocycles. The van der Waals surface area contributed by atoms with E-state index in [0.717, 1.165) is 0 Å². The Morgan fingerprint density at radius 2 is 1.75 bits per heavy atom. The third kappa shape index (κ3) is 3.42. The van der Waals surface area contributed by atoms with Crippen LogP contribution in [0.25, 0.3) is 0 Å². The van der Waals surface area contributed by atoms with E-state index in [0.29, 0.717) is 12.0 Å². The molecule has 0 aliphatic rings. The Morgan fingerprint density at radius 1 is 1.19 bits per heavy atom. The summed E-state index contributed by atoms with van der Waals surface area (Å²) in [5.41, 5.74) is 2.71. The van der Waals surface area contributed by atoms with Crippen LogP contribution in [0.2, 0.25) is 0 Å². The quantitative estimate of drug-likeness (QED) is 0.502. The van der Waals surface area contributed by atoms with E-state index < -0.39 is 0 Å². The molecule has 1 rings (SSSR count). The molecule has 3 heteroatoms. The molecule has 0 spiro atoms. The van der Waals surface area contributed by atoms with Crippen molar-refractivity contribution in [2.75, 3.05) is 14.1 Å². The molecule has 2 atom stereocenters. The van der Waals surface area contributed by atoms with Crippen LogP contribution in [0.4, 0.5) is 0 Å².